The molecule has 2 aromatic rings. The van der Waals surface area contributed by atoms with E-state index in [9.17, 15) is 4.39 Å². The van der Waals surface area contributed by atoms with Gasteiger partial charge in [0.15, 0.2) is 6.61 Å². The number of ether oxygens (including phenoxy) is 1. The van der Waals surface area contributed by atoms with E-state index in [0.717, 1.165) is 24.1 Å². The normalized spacial score (nSPS) is 31.7. The largest absolute Gasteiger partial charge is 0.463 e. The smallest absolute Gasteiger partial charge is 0.250 e. The molecular weight excluding hydrogens is 349 g/mol. The van der Waals surface area contributed by atoms with Gasteiger partial charge in [0.25, 0.3) is 5.88 Å². The van der Waals surface area contributed by atoms with Crippen molar-refractivity contribution in [1.29, 1.82) is 0 Å². The summed E-state index contributed by atoms with van der Waals surface area (Å²) in [4.78, 5) is 2.49. The number of benzene rings is 1. The van der Waals surface area contributed by atoms with Gasteiger partial charge in [0, 0.05) is 35.6 Å². The van der Waals surface area contributed by atoms with E-state index < -0.39 is 5.82 Å². The van der Waals surface area contributed by atoms with E-state index >= 15 is 0 Å². The van der Waals surface area contributed by atoms with Crippen LogP contribution in [0.3, 0.4) is 0 Å². The molecule has 4 bridgehead atoms. The second-order valence-corrected chi connectivity index (χ2v) is 7.58. The van der Waals surface area contributed by atoms with Gasteiger partial charge in [-0.1, -0.05) is 23.4 Å². The topological polar surface area (TPSA) is 38.3 Å². The molecule has 2 atom stereocenters. The Morgan fingerprint density at radius 1 is 1.33 bits per heavy atom. The molecule has 2 unspecified atom stereocenters. The van der Waals surface area contributed by atoms with E-state index in [2.05, 4.69) is 25.5 Å². The maximum atomic E-state index is 13.3. The van der Waals surface area contributed by atoms with Crippen LogP contribution in [-0.2, 0) is 5.41 Å². The van der Waals surface area contributed by atoms with Crippen LogP contribution >= 0.6 is 23.3 Å². The lowest BCUT2D eigenvalue weighted by molar-refractivity contribution is 0.348. The molecule has 4 nitrogen and oxygen atoms in total. The van der Waals surface area contributed by atoms with E-state index in [1.807, 2.05) is 0 Å². The second kappa shape index (κ2) is 5.16. The number of piperidine rings is 3. The Bertz CT molecular complexity index is 857. The average molecular weight is 362 g/mol. The van der Waals surface area contributed by atoms with E-state index in [0.29, 0.717) is 16.5 Å². The predicted octanol–water partition coefficient (Wildman–Crippen LogP) is 2.57. The summed E-state index contributed by atoms with van der Waals surface area (Å²) in [6.45, 7) is 3.64. The summed E-state index contributed by atoms with van der Waals surface area (Å²) in [5.41, 5.74) is 1.73. The third-order valence-corrected chi connectivity index (χ3v) is 6.10. The average Bonchev–Trinajstić information content (AvgIpc) is 3.12. The van der Waals surface area contributed by atoms with Crippen LogP contribution in [0.2, 0.25) is 5.02 Å². The lowest BCUT2D eigenvalue weighted by Gasteiger charge is -2.09. The fourth-order valence-corrected chi connectivity index (χ4v) is 5.21. The van der Waals surface area contributed by atoms with E-state index in [1.165, 1.54) is 37.0 Å². The molecule has 4 fully saturated rings. The molecule has 7 heteroatoms. The molecule has 1 saturated carbocycles. The quantitative estimate of drug-likeness (QED) is 0.788. The molecule has 1 aromatic carbocycles. The molecule has 4 aliphatic rings. The fraction of sp³-hybridized carbons (Fsp3) is 0.412. The number of aromatic nitrogens is 2. The van der Waals surface area contributed by atoms with Crippen molar-refractivity contribution < 1.29 is 9.13 Å². The highest BCUT2D eigenvalue weighted by atomic mass is 35.5. The van der Waals surface area contributed by atoms with Crippen LogP contribution in [0.1, 0.15) is 11.3 Å². The first-order chi connectivity index (χ1) is 11.7. The molecule has 3 saturated heterocycles. The summed E-state index contributed by atoms with van der Waals surface area (Å²) in [5, 5.41) is 0.334. The summed E-state index contributed by atoms with van der Waals surface area (Å²) in [6, 6.07) is 4.23. The van der Waals surface area contributed by atoms with Crippen molar-refractivity contribution in [2.45, 2.75) is 5.41 Å². The number of hydrogen-bond acceptors (Lipinski definition) is 5. The summed E-state index contributed by atoms with van der Waals surface area (Å²) < 4.78 is 27.8. The standard InChI is InChI=1S/C17H13ClFN3OS/c18-11-4-10(5-12(19)6-11)2-1-3-23-16-15(20-24-21-16)17-9-22-7-13(17)14(17)8-22/h4-6,13-14H,3,7-9H2. The maximum absolute atomic E-state index is 13.3. The highest BCUT2D eigenvalue weighted by Gasteiger charge is 2.76. The first kappa shape index (κ1) is 14.6. The lowest BCUT2D eigenvalue weighted by atomic mass is 10.0. The Hall–Kier alpha value is -1.68. The summed E-state index contributed by atoms with van der Waals surface area (Å²) >= 11 is 7.01. The van der Waals surface area contributed by atoms with Crippen LogP contribution in [0.25, 0.3) is 0 Å². The van der Waals surface area contributed by atoms with Crippen LogP contribution in [0, 0.1) is 29.5 Å². The van der Waals surface area contributed by atoms with Crippen LogP contribution in [-0.4, -0.2) is 39.9 Å². The molecule has 4 heterocycles. The highest BCUT2D eigenvalue weighted by molar-refractivity contribution is 6.99. The van der Waals surface area contributed by atoms with Gasteiger partial charge in [0.05, 0.1) is 11.7 Å². The Balaban J connectivity index is 1.29. The molecule has 1 aromatic heterocycles. The molecule has 0 radical (unpaired) electrons. The van der Waals surface area contributed by atoms with Gasteiger partial charge in [-0.25, -0.2) is 4.39 Å². The van der Waals surface area contributed by atoms with Gasteiger partial charge in [-0.05, 0) is 30.0 Å². The molecule has 6 rings (SSSR count). The molecule has 0 spiro atoms. The Morgan fingerprint density at radius 3 is 2.88 bits per heavy atom. The van der Waals surface area contributed by atoms with Crippen LogP contribution in [0.5, 0.6) is 5.88 Å². The van der Waals surface area contributed by atoms with Gasteiger partial charge in [0.2, 0.25) is 0 Å². The van der Waals surface area contributed by atoms with Gasteiger partial charge >= 0.3 is 0 Å². The van der Waals surface area contributed by atoms with Crippen molar-refractivity contribution in [2.24, 2.45) is 11.8 Å². The molecule has 0 amide bonds. The second-order valence-electron chi connectivity index (χ2n) is 6.61. The Kier molecular flexibility index (Phi) is 3.15. The number of hydrogen-bond donors (Lipinski definition) is 0. The van der Waals surface area contributed by atoms with Crippen molar-refractivity contribution in [3.05, 3.63) is 40.3 Å². The van der Waals surface area contributed by atoms with Gasteiger partial charge < -0.3 is 9.64 Å². The van der Waals surface area contributed by atoms with Crippen molar-refractivity contribution in [3.63, 3.8) is 0 Å². The minimum atomic E-state index is -0.396. The lowest BCUT2D eigenvalue weighted by Crippen LogP contribution is -2.17. The molecule has 24 heavy (non-hydrogen) atoms. The third-order valence-electron chi connectivity index (χ3n) is 5.37. The van der Waals surface area contributed by atoms with Gasteiger partial charge in [-0.2, -0.15) is 4.37 Å². The molecule has 0 N–H and O–H groups in total. The highest BCUT2D eigenvalue weighted by Crippen LogP contribution is 2.70. The zero-order valence-corrected chi connectivity index (χ0v) is 14.2. The third kappa shape index (κ3) is 2.08. The molecular formula is C17H13ClFN3OS. The van der Waals surface area contributed by atoms with Crippen molar-refractivity contribution >= 4 is 23.3 Å². The van der Waals surface area contributed by atoms with E-state index in [4.69, 9.17) is 16.3 Å². The van der Waals surface area contributed by atoms with Crippen LogP contribution in [0.4, 0.5) is 4.39 Å². The minimum absolute atomic E-state index is 0.186. The zero-order valence-electron chi connectivity index (χ0n) is 12.6. The van der Waals surface area contributed by atoms with Crippen molar-refractivity contribution in [1.82, 2.24) is 13.6 Å². The summed E-state index contributed by atoms with van der Waals surface area (Å²) in [5.74, 6) is 7.42. The first-order valence-corrected chi connectivity index (χ1v) is 8.91. The molecule has 3 aliphatic heterocycles. The van der Waals surface area contributed by atoms with Gasteiger partial charge in [-0.15, -0.1) is 4.37 Å². The van der Waals surface area contributed by atoms with E-state index in [-0.39, 0.29) is 12.0 Å². The molecule has 122 valence electrons. The SMILES string of the molecule is Fc1cc(Cl)cc(C#CCOc2nsnc2C23CN4CC2C3C4)c1. The summed E-state index contributed by atoms with van der Waals surface area (Å²) in [7, 11) is 0. The number of halogens is 2. The molecule has 1 aliphatic carbocycles. The van der Waals surface area contributed by atoms with Gasteiger partial charge in [0.1, 0.15) is 11.5 Å². The zero-order chi connectivity index (χ0) is 16.3. The van der Waals surface area contributed by atoms with E-state index in [1.54, 1.807) is 6.07 Å². The maximum Gasteiger partial charge on any atom is 0.250 e. The van der Waals surface area contributed by atoms with Gasteiger partial charge in [-0.3, -0.25) is 0 Å². The monoisotopic (exact) mass is 361 g/mol. The number of nitrogens with zero attached hydrogens (tertiary/aromatic N) is 3. The Morgan fingerprint density at radius 2 is 2.17 bits per heavy atom. The summed E-state index contributed by atoms with van der Waals surface area (Å²) in [6.07, 6.45) is 0. The van der Waals surface area contributed by atoms with Crippen LogP contribution < -0.4 is 4.74 Å². The Labute approximate surface area is 147 Å². The first-order valence-electron chi connectivity index (χ1n) is 7.80. The van der Waals surface area contributed by atoms with Crippen molar-refractivity contribution in [3.8, 4) is 17.7 Å². The fourth-order valence-electron chi connectivity index (χ4n) is 4.40. The predicted molar refractivity (Wildman–Crippen MR) is 88.8 cm³/mol. The number of rotatable bonds is 3. The minimum Gasteiger partial charge on any atom is -0.463 e. The van der Waals surface area contributed by atoms with Crippen molar-refractivity contribution in [2.75, 3.05) is 26.2 Å². The van der Waals surface area contributed by atoms with Crippen LogP contribution in [0.15, 0.2) is 18.2 Å².